The average molecular weight is 444 g/mol. The quantitative estimate of drug-likeness (QED) is 0.404. The molecule has 1 aromatic heterocycles. The van der Waals surface area contributed by atoms with E-state index in [2.05, 4.69) is 15.7 Å². The highest BCUT2D eigenvalue weighted by Gasteiger charge is 2.21. The average Bonchev–Trinajstić information content (AvgIpc) is 3.25. The predicted octanol–water partition coefficient (Wildman–Crippen LogP) is 3.56. The van der Waals surface area contributed by atoms with Crippen LogP contribution in [-0.2, 0) is 16.1 Å². The first-order chi connectivity index (χ1) is 16.0. The number of anilines is 1. The zero-order valence-electron chi connectivity index (χ0n) is 18.1. The molecule has 168 valence electrons. The van der Waals surface area contributed by atoms with E-state index in [0.717, 1.165) is 27.7 Å². The molecule has 0 aliphatic carbocycles. The third kappa shape index (κ3) is 5.36. The number of carbonyl (C=O) groups is 2. The zero-order valence-corrected chi connectivity index (χ0v) is 18.1. The number of aryl methyl sites for hydroxylation is 1. The van der Waals surface area contributed by atoms with E-state index in [-0.39, 0.29) is 6.61 Å². The number of rotatable bonds is 7. The van der Waals surface area contributed by atoms with Crippen LogP contribution in [0.25, 0.3) is 16.6 Å². The number of hydrogen-bond donors (Lipinski definition) is 3. The Morgan fingerprint density at radius 1 is 1.06 bits per heavy atom. The smallest absolute Gasteiger partial charge is 0.408 e. The molecule has 0 unspecified atom stereocenters. The number of benzene rings is 3. The van der Waals surface area contributed by atoms with Gasteiger partial charge in [-0.05, 0) is 48.4 Å². The van der Waals surface area contributed by atoms with Crippen LogP contribution in [0.3, 0.4) is 0 Å². The molecule has 0 saturated carbocycles. The first-order valence-electron chi connectivity index (χ1n) is 10.5. The maximum atomic E-state index is 12.7. The fraction of sp³-hybridized carbons (Fsp3) is 0.160. The minimum Gasteiger partial charge on any atom is -0.445 e. The summed E-state index contributed by atoms with van der Waals surface area (Å²) in [7, 11) is 0. The molecule has 0 aliphatic heterocycles. The van der Waals surface area contributed by atoms with Crippen LogP contribution in [0.5, 0.6) is 0 Å². The van der Waals surface area contributed by atoms with Crippen molar-refractivity contribution < 1.29 is 19.4 Å². The van der Waals surface area contributed by atoms with Gasteiger partial charge in [-0.2, -0.15) is 5.10 Å². The van der Waals surface area contributed by atoms with Gasteiger partial charge in [0, 0.05) is 11.1 Å². The van der Waals surface area contributed by atoms with Crippen molar-refractivity contribution in [2.24, 2.45) is 0 Å². The van der Waals surface area contributed by atoms with Crippen LogP contribution < -0.4 is 10.6 Å². The summed E-state index contributed by atoms with van der Waals surface area (Å²) in [6.45, 7) is 1.50. The van der Waals surface area contributed by atoms with E-state index in [0.29, 0.717) is 5.69 Å². The van der Waals surface area contributed by atoms with Crippen molar-refractivity contribution in [3.63, 3.8) is 0 Å². The molecule has 3 N–H and O–H groups in total. The Kier molecular flexibility index (Phi) is 6.66. The highest BCUT2D eigenvalue weighted by atomic mass is 16.5. The molecule has 1 atom stereocenters. The second-order valence-electron chi connectivity index (χ2n) is 7.60. The molecule has 0 spiro atoms. The van der Waals surface area contributed by atoms with E-state index in [4.69, 9.17) is 4.74 Å². The lowest BCUT2D eigenvalue weighted by molar-refractivity contribution is -0.118. The molecule has 4 aromatic rings. The van der Waals surface area contributed by atoms with Gasteiger partial charge in [-0.15, -0.1) is 0 Å². The maximum absolute atomic E-state index is 12.7. The van der Waals surface area contributed by atoms with Gasteiger partial charge >= 0.3 is 6.09 Å². The highest BCUT2D eigenvalue weighted by molar-refractivity contribution is 5.98. The fourth-order valence-corrected chi connectivity index (χ4v) is 3.39. The predicted molar refractivity (Wildman–Crippen MR) is 125 cm³/mol. The number of carbonyl (C=O) groups excluding carboxylic acids is 2. The summed E-state index contributed by atoms with van der Waals surface area (Å²) in [5.74, 6) is -0.560. The molecular formula is C25H24N4O4. The van der Waals surface area contributed by atoms with Crippen LogP contribution in [-0.4, -0.2) is 39.5 Å². The van der Waals surface area contributed by atoms with E-state index in [1.54, 1.807) is 23.0 Å². The van der Waals surface area contributed by atoms with Gasteiger partial charge < -0.3 is 20.5 Å². The summed E-state index contributed by atoms with van der Waals surface area (Å²) >= 11 is 0. The van der Waals surface area contributed by atoms with Gasteiger partial charge in [0.25, 0.3) is 0 Å². The van der Waals surface area contributed by atoms with Gasteiger partial charge in [-0.25, -0.2) is 9.48 Å². The molecule has 0 radical (unpaired) electrons. The third-order valence-electron chi connectivity index (χ3n) is 5.09. The number of nitrogens with zero attached hydrogens (tertiary/aromatic N) is 2. The molecule has 3 aromatic carbocycles. The van der Waals surface area contributed by atoms with Crippen LogP contribution in [0.1, 0.15) is 11.1 Å². The van der Waals surface area contributed by atoms with Crippen molar-refractivity contribution in [2.45, 2.75) is 19.6 Å². The molecular weight excluding hydrogens is 420 g/mol. The first-order valence-corrected chi connectivity index (χ1v) is 10.5. The SMILES string of the molecule is Cc1cccc(-n2ncc3ccc(NC(=O)[C@H](CO)NC(=O)OCc4ccccc4)cc32)c1. The number of fused-ring (bicyclic) bond motifs is 1. The Morgan fingerprint density at radius 2 is 1.88 bits per heavy atom. The number of amides is 2. The van der Waals surface area contributed by atoms with Gasteiger partial charge in [0.15, 0.2) is 0 Å². The zero-order chi connectivity index (χ0) is 23.2. The summed E-state index contributed by atoms with van der Waals surface area (Å²) in [5, 5.41) is 20.1. The summed E-state index contributed by atoms with van der Waals surface area (Å²) in [4.78, 5) is 24.7. The van der Waals surface area contributed by atoms with Crippen molar-refractivity contribution in [1.29, 1.82) is 0 Å². The van der Waals surface area contributed by atoms with Gasteiger partial charge in [0.2, 0.25) is 5.91 Å². The van der Waals surface area contributed by atoms with Crippen LogP contribution in [0.4, 0.5) is 10.5 Å². The Bertz CT molecular complexity index is 1270. The Balaban J connectivity index is 1.43. The van der Waals surface area contributed by atoms with Crippen LogP contribution >= 0.6 is 0 Å². The van der Waals surface area contributed by atoms with E-state index in [9.17, 15) is 14.7 Å². The lowest BCUT2D eigenvalue weighted by atomic mass is 10.2. The lowest BCUT2D eigenvalue weighted by Gasteiger charge is -2.16. The summed E-state index contributed by atoms with van der Waals surface area (Å²) in [6, 6.07) is 21.3. The minimum absolute atomic E-state index is 0.0616. The number of nitrogens with one attached hydrogen (secondary N) is 2. The van der Waals surface area contributed by atoms with Crippen LogP contribution in [0.15, 0.2) is 79.0 Å². The minimum atomic E-state index is -1.16. The second kappa shape index (κ2) is 9.97. The van der Waals surface area contributed by atoms with E-state index in [1.807, 2.05) is 67.6 Å². The molecule has 0 bridgehead atoms. The lowest BCUT2D eigenvalue weighted by Crippen LogP contribution is -2.46. The Hall–Kier alpha value is -4.17. The largest absolute Gasteiger partial charge is 0.445 e. The normalized spacial score (nSPS) is 11.7. The molecule has 0 aliphatic rings. The maximum Gasteiger partial charge on any atom is 0.408 e. The van der Waals surface area contributed by atoms with E-state index in [1.165, 1.54) is 0 Å². The summed E-state index contributed by atoms with van der Waals surface area (Å²) < 4.78 is 6.92. The van der Waals surface area contributed by atoms with Crippen molar-refractivity contribution >= 4 is 28.6 Å². The van der Waals surface area contributed by atoms with Crippen molar-refractivity contribution in [2.75, 3.05) is 11.9 Å². The van der Waals surface area contributed by atoms with Gasteiger partial charge in [0.1, 0.15) is 12.6 Å². The van der Waals surface area contributed by atoms with Gasteiger partial charge in [-0.1, -0.05) is 42.5 Å². The third-order valence-corrected chi connectivity index (χ3v) is 5.09. The van der Waals surface area contributed by atoms with Gasteiger partial charge in [0.05, 0.1) is 24.0 Å². The Labute approximate surface area is 190 Å². The van der Waals surface area contributed by atoms with Crippen molar-refractivity contribution in [1.82, 2.24) is 15.1 Å². The number of aromatic nitrogens is 2. The van der Waals surface area contributed by atoms with E-state index >= 15 is 0 Å². The molecule has 0 fully saturated rings. The molecule has 8 nitrogen and oxygen atoms in total. The Morgan fingerprint density at radius 3 is 2.64 bits per heavy atom. The molecule has 2 amide bonds. The number of aliphatic hydroxyl groups is 1. The molecule has 8 heteroatoms. The molecule has 33 heavy (non-hydrogen) atoms. The summed E-state index contributed by atoms with van der Waals surface area (Å²) in [5.41, 5.74) is 4.16. The second-order valence-corrected chi connectivity index (χ2v) is 7.60. The van der Waals surface area contributed by atoms with Crippen LogP contribution in [0, 0.1) is 6.92 Å². The molecule has 1 heterocycles. The number of aliphatic hydroxyl groups excluding tert-OH is 1. The standard InChI is InChI=1S/C25H24N4O4/c1-17-6-5-9-21(12-17)29-23-13-20(11-10-19(23)14-26-29)27-24(31)22(15-30)28-25(32)33-16-18-7-3-2-4-8-18/h2-14,22,30H,15-16H2,1H3,(H,27,31)(H,28,32)/t22-/m0/s1. The van der Waals surface area contributed by atoms with Gasteiger partial charge in [-0.3, -0.25) is 4.79 Å². The highest BCUT2D eigenvalue weighted by Crippen LogP contribution is 2.22. The van der Waals surface area contributed by atoms with Crippen LogP contribution in [0.2, 0.25) is 0 Å². The fourth-order valence-electron chi connectivity index (χ4n) is 3.39. The summed E-state index contributed by atoms with van der Waals surface area (Å²) in [6.07, 6.45) is 0.963. The topological polar surface area (TPSA) is 105 Å². The molecule has 0 saturated heterocycles. The monoisotopic (exact) mass is 444 g/mol. The number of alkyl carbamates (subject to hydrolysis) is 1. The van der Waals surface area contributed by atoms with Crippen molar-refractivity contribution in [3.8, 4) is 5.69 Å². The number of hydrogen-bond acceptors (Lipinski definition) is 5. The van der Waals surface area contributed by atoms with Crippen molar-refractivity contribution in [3.05, 3.63) is 90.1 Å². The van der Waals surface area contributed by atoms with E-state index < -0.39 is 24.6 Å². The number of ether oxygens (including phenoxy) is 1. The molecule has 4 rings (SSSR count). The first kappa shape index (κ1) is 22.0.